The van der Waals surface area contributed by atoms with Gasteiger partial charge in [0.05, 0.1) is 5.54 Å². The lowest BCUT2D eigenvalue weighted by Gasteiger charge is -2.22. The van der Waals surface area contributed by atoms with Crippen LogP contribution in [0.1, 0.15) is 40.0 Å². The summed E-state index contributed by atoms with van der Waals surface area (Å²) in [5.41, 5.74) is 5.13. The smallest absolute Gasteiger partial charge is 0.239 e. The first-order chi connectivity index (χ1) is 7.04. The zero-order chi connectivity index (χ0) is 11.7. The van der Waals surface area contributed by atoms with Crippen molar-refractivity contribution in [1.29, 1.82) is 0 Å². The van der Waals surface area contributed by atoms with E-state index < -0.39 is 5.54 Å². The van der Waals surface area contributed by atoms with Crippen LogP contribution in [0.4, 0.5) is 0 Å². The Labute approximate surface area is 92.6 Å². The molecule has 1 amide bonds. The third-order valence-corrected chi connectivity index (χ3v) is 2.24. The lowest BCUT2D eigenvalue weighted by Crippen LogP contribution is -2.51. The molecule has 0 rings (SSSR count). The van der Waals surface area contributed by atoms with Gasteiger partial charge in [-0.05, 0) is 26.7 Å². The first kappa shape index (κ1) is 14.4. The Morgan fingerprint density at radius 3 is 2.67 bits per heavy atom. The van der Waals surface area contributed by atoms with E-state index in [1.54, 1.807) is 6.92 Å². The lowest BCUT2D eigenvalue weighted by atomic mass is 9.96. The zero-order valence-electron chi connectivity index (χ0n) is 10.1. The summed E-state index contributed by atoms with van der Waals surface area (Å²) < 4.78 is 5.17. The number of hydrogen-bond donors (Lipinski definition) is 2. The molecular formula is C11H24N2O2. The first-order valence-electron chi connectivity index (χ1n) is 5.69. The van der Waals surface area contributed by atoms with Gasteiger partial charge in [0.2, 0.25) is 5.91 Å². The van der Waals surface area contributed by atoms with Crippen LogP contribution in [0.3, 0.4) is 0 Å². The van der Waals surface area contributed by atoms with Gasteiger partial charge in [-0.15, -0.1) is 0 Å². The molecule has 4 heteroatoms. The van der Waals surface area contributed by atoms with Crippen LogP contribution in [0.5, 0.6) is 0 Å². The van der Waals surface area contributed by atoms with Gasteiger partial charge in [-0.3, -0.25) is 4.79 Å². The molecule has 0 aliphatic heterocycles. The lowest BCUT2D eigenvalue weighted by molar-refractivity contribution is -0.126. The Morgan fingerprint density at radius 2 is 2.13 bits per heavy atom. The minimum absolute atomic E-state index is 0.0687. The summed E-state index contributed by atoms with van der Waals surface area (Å²) in [6, 6.07) is 0. The van der Waals surface area contributed by atoms with E-state index in [-0.39, 0.29) is 5.91 Å². The minimum atomic E-state index is -0.736. The number of nitrogens with one attached hydrogen (secondary N) is 1. The molecule has 0 aromatic heterocycles. The van der Waals surface area contributed by atoms with Gasteiger partial charge in [0.25, 0.3) is 0 Å². The molecule has 1 atom stereocenters. The fraction of sp³-hybridized carbons (Fsp3) is 0.909. The summed E-state index contributed by atoms with van der Waals surface area (Å²) >= 11 is 0. The van der Waals surface area contributed by atoms with Crippen molar-refractivity contribution in [3.05, 3.63) is 0 Å². The predicted molar refractivity (Wildman–Crippen MR) is 61.6 cm³/mol. The molecule has 0 aliphatic carbocycles. The van der Waals surface area contributed by atoms with Crippen LogP contribution >= 0.6 is 0 Å². The number of amides is 1. The number of hydrogen-bond acceptors (Lipinski definition) is 3. The number of carbonyl (C=O) groups excluding carboxylic acids is 1. The highest BCUT2D eigenvalue weighted by Gasteiger charge is 2.26. The third-order valence-electron chi connectivity index (χ3n) is 2.24. The maximum absolute atomic E-state index is 11.6. The average molecular weight is 216 g/mol. The molecule has 0 heterocycles. The van der Waals surface area contributed by atoms with Gasteiger partial charge in [-0.2, -0.15) is 0 Å². The molecule has 0 bridgehead atoms. The normalized spacial score (nSPS) is 14.7. The molecule has 3 N–H and O–H groups in total. The largest absolute Gasteiger partial charge is 0.382 e. The molecule has 0 aromatic carbocycles. The standard InChI is InChI=1S/C11H24N2O2/c1-4-7-11(3,12)10(14)13-8-6-9-15-5-2/h4-9,12H2,1-3H3,(H,13,14). The van der Waals surface area contributed by atoms with Gasteiger partial charge >= 0.3 is 0 Å². The van der Waals surface area contributed by atoms with Gasteiger partial charge in [-0.25, -0.2) is 0 Å². The molecule has 1 unspecified atom stereocenters. The molecule has 0 spiro atoms. The second-order valence-corrected chi connectivity index (χ2v) is 3.97. The van der Waals surface area contributed by atoms with Gasteiger partial charge in [0, 0.05) is 19.8 Å². The summed E-state index contributed by atoms with van der Waals surface area (Å²) in [4.78, 5) is 11.6. The van der Waals surface area contributed by atoms with Gasteiger partial charge in [-0.1, -0.05) is 13.3 Å². The average Bonchev–Trinajstić information content (AvgIpc) is 2.17. The van der Waals surface area contributed by atoms with E-state index in [4.69, 9.17) is 10.5 Å². The van der Waals surface area contributed by atoms with Gasteiger partial charge in [0.1, 0.15) is 0 Å². The molecule has 0 saturated carbocycles. The fourth-order valence-corrected chi connectivity index (χ4v) is 1.36. The summed E-state index contributed by atoms with van der Waals surface area (Å²) in [7, 11) is 0. The van der Waals surface area contributed by atoms with E-state index >= 15 is 0 Å². The molecule has 0 saturated heterocycles. The molecule has 0 aliphatic rings. The second kappa shape index (κ2) is 7.65. The summed E-state index contributed by atoms with van der Waals surface area (Å²) in [5, 5.41) is 2.82. The number of nitrogens with two attached hydrogens (primary N) is 1. The van der Waals surface area contributed by atoms with Crippen LogP contribution in [0.25, 0.3) is 0 Å². The summed E-state index contributed by atoms with van der Waals surface area (Å²) in [6.07, 6.45) is 2.46. The van der Waals surface area contributed by atoms with E-state index in [0.717, 1.165) is 19.4 Å². The first-order valence-corrected chi connectivity index (χ1v) is 5.69. The maximum Gasteiger partial charge on any atom is 0.239 e. The molecule has 0 radical (unpaired) electrons. The number of rotatable bonds is 8. The van der Waals surface area contributed by atoms with Crippen molar-refractivity contribution in [2.75, 3.05) is 19.8 Å². The monoisotopic (exact) mass is 216 g/mol. The SMILES string of the molecule is CCCC(C)(N)C(=O)NCCCOCC. The Balaban J connectivity index is 3.64. The van der Waals surface area contributed by atoms with Crippen LogP contribution in [0.2, 0.25) is 0 Å². The van der Waals surface area contributed by atoms with Crippen LogP contribution in [0.15, 0.2) is 0 Å². The molecule has 4 nitrogen and oxygen atoms in total. The van der Waals surface area contributed by atoms with E-state index in [1.165, 1.54) is 0 Å². The van der Waals surface area contributed by atoms with Crippen molar-refractivity contribution in [1.82, 2.24) is 5.32 Å². The quantitative estimate of drug-likeness (QED) is 0.596. The highest BCUT2D eigenvalue weighted by Crippen LogP contribution is 2.07. The van der Waals surface area contributed by atoms with Crippen molar-refractivity contribution in [2.45, 2.75) is 45.6 Å². The van der Waals surface area contributed by atoms with E-state index in [9.17, 15) is 4.79 Å². The van der Waals surface area contributed by atoms with E-state index in [0.29, 0.717) is 19.6 Å². The zero-order valence-corrected chi connectivity index (χ0v) is 10.1. The highest BCUT2D eigenvalue weighted by atomic mass is 16.5. The van der Waals surface area contributed by atoms with Crippen molar-refractivity contribution in [3.63, 3.8) is 0 Å². The van der Waals surface area contributed by atoms with E-state index in [2.05, 4.69) is 5.32 Å². The molecule has 0 fully saturated rings. The summed E-state index contributed by atoms with van der Waals surface area (Å²) in [6.45, 7) is 7.79. The van der Waals surface area contributed by atoms with Crippen LogP contribution in [-0.2, 0) is 9.53 Å². The van der Waals surface area contributed by atoms with Crippen molar-refractivity contribution < 1.29 is 9.53 Å². The Hall–Kier alpha value is -0.610. The second-order valence-electron chi connectivity index (χ2n) is 3.97. The number of ether oxygens (including phenoxy) is 1. The molecule has 0 aromatic rings. The predicted octanol–water partition coefficient (Wildman–Crippen LogP) is 1.05. The van der Waals surface area contributed by atoms with Gasteiger partial charge in [0.15, 0.2) is 0 Å². The van der Waals surface area contributed by atoms with Crippen LogP contribution in [-0.4, -0.2) is 31.2 Å². The number of carbonyl (C=O) groups is 1. The fourth-order valence-electron chi connectivity index (χ4n) is 1.36. The Kier molecular flexibility index (Phi) is 7.34. The maximum atomic E-state index is 11.6. The minimum Gasteiger partial charge on any atom is -0.382 e. The third kappa shape index (κ3) is 6.47. The van der Waals surface area contributed by atoms with Gasteiger partial charge < -0.3 is 15.8 Å². The molecule has 15 heavy (non-hydrogen) atoms. The van der Waals surface area contributed by atoms with E-state index in [1.807, 2.05) is 13.8 Å². The summed E-state index contributed by atoms with van der Waals surface area (Å²) in [5.74, 6) is -0.0687. The topological polar surface area (TPSA) is 64.4 Å². The molecule has 90 valence electrons. The highest BCUT2D eigenvalue weighted by molar-refractivity contribution is 5.85. The van der Waals surface area contributed by atoms with Crippen LogP contribution in [0, 0.1) is 0 Å². The molecular weight excluding hydrogens is 192 g/mol. The van der Waals surface area contributed by atoms with Crippen molar-refractivity contribution >= 4 is 5.91 Å². The Morgan fingerprint density at radius 1 is 1.47 bits per heavy atom. The Bertz CT molecular complexity index is 181. The van der Waals surface area contributed by atoms with Crippen molar-refractivity contribution in [2.24, 2.45) is 5.73 Å². The van der Waals surface area contributed by atoms with Crippen LogP contribution < -0.4 is 11.1 Å². The van der Waals surface area contributed by atoms with Crippen molar-refractivity contribution in [3.8, 4) is 0 Å².